The predicted molar refractivity (Wildman–Crippen MR) is 105 cm³/mol. The Bertz CT molecular complexity index is 1040. The minimum Gasteiger partial charge on any atom is -0.492 e. The van der Waals surface area contributed by atoms with Crippen LogP contribution < -0.4 is 20.5 Å². The average Bonchev–Trinajstić information content (AvgIpc) is 3.42. The van der Waals surface area contributed by atoms with Gasteiger partial charge in [-0.2, -0.15) is 10.4 Å². The SMILES string of the molecule is COc1nccc(OCC2(CN)CC2)c1-c1cc(Nc2cnc(C#N)cn2)n[nH]1. The van der Waals surface area contributed by atoms with Crippen molar-refractivity contribution in [1.29, 1.82) is 5.26 Å². The quantitative estimate of drug-likeness (QED) is 0.523. The average molecular weight is 392 g/mol. The van der Waals surface area contributed by atoms with Gasteiger partial charge in [0.1, 0.15) is 23.2 Å². The third kappa shape index (κ3) is 3.95. The van der Waals surface area contributed by atoms with Crippen molar-refractivity contribution in [2.75, 3.05) is 25.6 Å². The summed E-state index contributed by atoms with van der Waals surface area (Å²) in [4.78, 5) is 12.4. The summed E-state index contributed by atoms with van der Waals surface area (Å²) in [5.74, 6) is 2.06. The molecule has 0 radical (unpaired) electrons. The van der Waals surface area contributed by atoms with E-state index >= 15 is 0 Å². The highest BCUT2D eigenvalue weighted by Gasteiger charge is 2.42. The molecule has 148 valence electrons. The van der Waals surface area contributed by atoms with Crippen molar-refractivity contribution in [2.45, 2.75) is 12.8 Å². The van der Waals surface area contributed by atoms with Gasteiger partial charge in [-0.1, -0.05) is 0 Å². The van der Waals surface area contributed by atoms with Gasteiger partial charge in [0.05, 0.1) is 31.8 Å². The summed E-state index contributed by atoms with van der Waals surface area (Å²) in [6, 6.07) is 5.52. The fourth-order valence-corrected chi connectivity index (χ4v) is 2.86. The molecule has 29 heavy (non-hydrogen) atoms. The van der Waals surface area contributed by atoms with Gasteiger partial charge in [-0.3, -0.25) is 5.10 Å². The lowest BCUT2D eigenvalue weighted by atomic mass is 10.1. The maximum absolute atomic E-state index is 8.81. The smallest absolute Gasteiger partial charge is 0.226 e. The number of hydrogen-bond acceptors (Lipinski definition) is 9. The topological polar surface area (TPSA) is 148 Å². The van der Waals surface area contributed by atoms with Crippen molar-refractivity contribution in [3.05, 3.63) is 36.4 Å². The first kappa shape index (κ1) is 18.6. The van der Waals surface area contributed by atoms with E-state index in [2.05, 4.69) is 30.5 Å². The molecule has 4 N–H and O–H groups in total. The Morgan fingerprint density at radius 1 is 1.28 bits per heavy atom. The van der Waals surface area contributed by atoms with Gasteiger partial charge in [-0.25, -0.2) is 15.0 Å². The Kier molecular flexibility index (Phi) is 4.97. The number of pyridine rings is 1. The Morgan fingerprint density at radius 2 is 2.14 bits per heavy atom. The molecule has 1 aliphatic carbocycles. The summed E-state index contributed by atoms with van der Waals surface area (Å²) in [6.07, 6.45) is 6.64. The van der Waals surface area contributed by atoms with E-state index < -0.39 is 0 Å². The summed E-state index contributed by atoms with van der Waals surface area (Å²) in [7, 11) is 1.56. The lowest BCUT2D eigenvalue weighted by molar-refractivity contribution is 0.238. The number of hydrogen-bond donors (Lipinski definition) is 3. The van der Waals surface area contributed by atoms with Crippen molar-refractivity contribution >= 4 is 11.6 Å². The largest absolute Gasteiger partial charge is 0.492 e. The van der Waals surface area contributed by atoms with Gasteiger partial charge in [-0.05, 0) is 18.9 Å². The number of aromatic amines is 1. The fourth-order valence-electron chi connectivity index (χ4n) is 2.86. The molecule has 0 amide bonds. The van der Waals surface area contributed by atoms with Crippen molar-refractivity contribution in [3.63, 3.8) is 0 Å². The van der Waals surface area contributed by atoms with Crippen LogP contribution in [-0.4, -0.2) is 45.4 Å². The summed E-state index contributed by atoms with van der Waals surface area (Å²) in [5, 5.41) is 19.1. The molecular formula is C19H20N8O2. The Hall–Kier alpha value is -3.71. The Balaban J connectivity index is 1.58. The minimum absolute atomic E-state index is 0.0722. The van der Waals surface area contributed by atoms with Gasteiger partial charge in [0.15, 0.2) is 11.5 Å². The summed E-state index contributed by atoms with van der Waals surface area (Å²) < 4.78 is 11.5. The molecule has 10 heteroatoms. The van der Waals surface area contributed by atoms with Crippen LogP contribution in [-0.2, 0) is 0 Å². The van der Waals surface area contributed by atoms with Gasteiger partial charge in [-0.15, -0.1) is 0 Å². The Labute approximate surface area is 167 Å². The Morgan fingerprint density at radius 3 is 2.79 bits per heavy atom. The van der Waals surface area contributed by atoms with E-state index in [1.807, 2.05) is 6.07 Å². The van der Waals surface area contributed by atoms with Crippen LogP contribution in [0.3, 0.4) is 0 Å². The van der Waals surface area contributed by atoms with E-state index in [1.54, 1.807) is 25.4 Å². The van der Waals surface area contributed by atoms with Crippen LogP contribution in [0.15, 0.2) is 30.7 Å². The van der Waals surface area contributed by atoms with Crippen LogP contribution in [0.5, 0.6) is 11.6 Å². The molecule has 3 heterocycles. The fraction of sp³-hybridized carbons (Fsp3) is 0.316. The first-order chi connectivity index (χ1) is 14.2. The summed E-state index contributed by atoms with van der Waals surface area (Å²) in [6.45, 7) is 1.15. The molecule has 4 rings (SSSR count). The molecule has 0 saturated heterocycles. The molecule has 0 aliphatic heterocycles. The third-order valence-electron chi connectivity index (χ3n) is 4.87. The van der Waals surface area contributed by atoms with E-state index in [0.29, 0.717) is 47.7 Å². The van der Waals surface area contributed by atoms with Gasteiger partial charge in [0.25, 0.3) is 0 Å². The van der Waals surface area contributed by atoms with Gasteiger partial charge >= 0.3 is 0 Å². The van der Waals surface area contributed by atoms with Crippen LogP contribution in [0.25, 0.3) is 11.3 Å². The van der Waals surface area contributed by atoms with Gasteiger partial charge in [0.2, 0.25) is 5.88 Å². The standard InChI is InChI=1S/C19H20N8O2/c1-28-18-17(14(2-5-22-18)29-11-19(10-21)3-4-19)13-6-15(27-26-13)25-16-9-23-12(7-20)8-24-16/h2,5-6,8-9H,3-4,10-11,21H2,1H3,(H2,24,25,26,27). The maximum atomic E-state index is 8.81. The minimum atomic E-state index is 0.0722. The molecule has 0 bridgehead atoms. The van der Waals surface area contributed by atoms with Crippen LogP contribution in [0.4, 0.5) is 11.6 Å². The zero-order chi connectivity index (χ0) is 20.3. The number of H-pyrrole nitrogens is 1. The first-order valence-electron chi connectivity index (χ1n) is 9.07. The van der Waals surface area contributed by atoms with E-state index in [0.717, 1.165) is 12.8 Å². The first-order valence-corrected chi connectivity index (χ1v) is 9.07. The molecule has 10 nitrogen and oxygen atoms in total. The van der Waals surface area contributed by atoms with Crippen molar-refractivity contribution in [3.8, 4) is 29.0 Å². The van der Waals surface area contributed by atoms with E-state index in [1.165, 1.54) is 12.4 Å². The molecular weight excluding hydrogens is 372 g/mol. The molecule has 0 aromatic carbocycles. The van der Waals surface area contributed by atoms with Crippen LogP contribution >= 0.6 is 0 Å². The van der Waals surface area contributed by atoms with Crippen LogP contribution in [0.2, 0.25) is 0 Å². The molecule has 1 aliphatic rings. The molecule has 1 saturated carbocycles. The number of nitrogens with one attached hydrogen (secondary N) is 2. The van der Waals surface area contributed by atoms with Gasteiger partial charge in [0, 0.05) is 24.2 Å². The number of ether oxygens (including phenoxy) is 2. The normalized spacial score (nSPS) is 14.1. The second-order valence-corrected chi connectivity index (χ2v) is 6.88. The van der Waals surface area contributed by atoms with E-state index in [-0.39, 0.29) is 11.1 Å². The molecule has 0 spiro atoms. The molecule has 3 aromatic heterocycles. The zero-order valence-corrected chi connectivity index (χ0v) is 15.8. The van der Waals surface area contributed by atoms with Crippen molar-refractivity contribution < 1.29 is 9.47 Å². The maximum Gasteiger partial charge on any atom is 0.226 e. The number of nitrogens with zero attached hydrogens (tertiary/aromatic N) is 5. The van der Waals surface area contributed by atoms with E-state index in [9.17, 15) is 0 Å². The number of nitriles is 1. The number of rotatable bonds is 8. The highest BCUT2D eigenvalue weighted by Crippen LogP contribution is 2.46. The number of anilines is 2. The zero-order valence-electron chi connectivity index (χ0n) is 15.8. The lowest BCUT2D eigenvalue weighted by Crippen LogP contribution is -2.23. The van der Waals surface area contributed by atoms with Crippen molar-refractivity contribution in [2.24, 2.45) is 11.1 Å². The second-order valence-electron chi connectivity index (χ2n) is 6.88. The molecule has 3 aromatic rings. The number of nitrogens with two attached hydrogens (primary N) is 1. The number of aromatic nitrogens is 5. The number of methoxy groups -OCH3 is 1. The molecule has 0 unspecified atom stereocenters. The third-order valence-corrected chi connectivity index (χ3v) is 4.87. The second kappa shape index (κ2) is 7.73. The van der Waals surface area contributed by atoms with Crippen LogP contribution in [0, 0.1) is 16.7 Å². The molecule has 0 atom stereocenters. The van der Waals surface area contributed by atoms with Crippen LogP contribution in [0.1, 0.15) is 18.5 Å². The highest BCUT2D eigenvalue weighted by molar-refractivity contribution is 5.74. The highest BCUT2D eigenvalue weighted by atomic mass is 16.5. The van der Waals surface area contributed by atoms with Gasteiger partial charge < -0.3 is 20.5 Å². The molecule has 1 fully saturated rings. The van der Waals surface area contributed by atoms with E-state index in [4.69, 9.17) is 20.5 Å². The summed E-state index contributed by atoms with van der Waals surface area (Å²) >= 11 is 0. The lowest BCUT2D eigenvalue weighted by Gasteiger charge is -2.17. The summed E-state index contributed by atoms with van der Waals surface area (Å²) in [5.41, 5.74) is 7.52. The van der Waals surface area contributed by atoms with Crippen molar-refractivity contribution in [1.82, 2.24) is 25.1 Å². The monoisotopic (exact) mass is 392 g/mol. The predicted octanol–water partition coefficient (Wildman–Crippen LogP) is 2.00.